The van der Waals surface area contributed by atoms with Gasteiger partial charge >= 0.3 is 5.97 Å². The minimum atomic E-state index is -0.225. The SMILES string of the molecule is CC(=O)OC1CC2C(O)C(C)CC34C1CCCN3CCCC24. The van der Waals surface area contributed by atoms with E-state index in [2.05, 4.69) is 11.8 Å². The summed E-state index contributed by atoms with van der Waals surface area (Å²) in [6.45, 7) is 6.12. The minimum Gasteiger partial charge on any atom is -0.462 e. The average Bonchev–Trinajstić information content (AvgIpc) is 2.47. The molecule has 4 heteroatoms. The molecule has 4 rings (SSSR count). The Bertz CT molecular complexity index is 465. The maximum absolute atomic E-state index is 11.6. The maximum atomic E-state index is 11.6. The number of ether oxygens (including phenoxy) is 1. The predicted molar refractivity (Wildman–Crippen MR) is 83.2 cm³/mol. The van der Waals surface area contributed by atoms with Gasteiger partial charge in [0.1, 0.15) is 6.10 Å². The van der Waals surface area contributed by atoms with E-state index in [0.717, 1.165) is 12.8 Å². The molecule has 0 amide bonds. The summed E-state index contributed by atoms with van der Waals surface area (Å²) < 4.78 is 5.76. The summed E-state index contributed by atoms with van der Waals surface area (Å²) in [5.41, 5.74) is 0.193. The van der Waals surface area contributed by atoms with Crippen LogP contribution in [0.3, 0.4) is 0 Å². The molecule has 2 aliphatic carbocycles. The lowest BCUT2D eigenvalue weighted by atomic mass is 9.47. The van der Waals surface area contributed by atoms with E-state index in [9.17, 15) is 9.90 Å². The van der Waals surface area contributed by atoms with Crippen molar-refractivity contribution in [3.05, 3.63) is 0 Å². The first-order valence-corrected chi connectivity index (χ1v) is 9.14. The van der Waals surface area contributed by atoms with E-state index in [1.165, 1.54) is 45.7 Å². The van der Waals surface area contributed by atoms with Crippen LogP contribution in [-0.2, 0) is 9.53 Å². The maximum Gasteiger partial charge on any atom is 0.302 e. The molecule has 2 saturated heterocycles. The van der Waals surface area contributed by atoms with E-state index in [4.69, 9.17) is 4.74 Å². The summed E-state index contributed by atoms with van der Waals surface area (Å²) in [6.07, 6.45) is 6.65. The molecule has 4 aliphatic rings. The fourth-order valence-corrected chi connectivity index (χ4v) is 6.68. The second-order valence-electron chi connectivity index (χ2n) is 8.20. The van der Waals surface area contributed by atoms with E-state index < -0.39 is 0 Å². The minimum absolute atomic E-state index is 0.0156. The second kappa shape index (κ2) is 5.20. The Hall–Kier alpha value is -0.610. The molecule has 4 nitrogen and oxygen atoms in total. The molecule has 22 heavy (non-hydrogen) atoms. The van der Waals surface area contributed by atoms with Gasteiger partial charge in [-0.15, -0.1) is 0 Å². The Balaban J connectivity index is 1.76. The monoisotopic (exact) mass is 307 g/mol. The van der Waals surface area contributed by atoms with Crippen LogP contribution in [0.25, 0.3) is 0 Å². The first-order chi connectivity index (χ1) is 10.5. The summed E-state index contributed by atoms with van der Waals surface area (Å²) in [7, 11) is 0. The van der Waals surface area contributed by atoms with Gasteiger partial charge in [0, 0.05) is 18.4 Å². The third-order valence-corrected chi connectivity index (χ3v) is 7.22. The van der Waals surface area contributed by atoms with E-state index in [-0.39, 0.29) is 23.7 Å². The normalized spacial score (nSPS) is 51.0. The predicted octanol–water partition coefficient (Wildman–Crippen LogP) is 2.20. The molecule has 2 aliphatic heterocycles. The Morgan fingerprint density at radius 3 is 2.59 bits per heavy atom. The van der Waals surface area contributed by atoms with Gasteiger partial charge in [-0.25, -0.2) is 0 Å². The summed E-state index contributed by atoms with van der Waals surface area (Å²) >= 11 is 0. The van der Waals surface area contributed by atoms with Gasteiger partial charge in [0.15, 0.2) is 0 Å². The van der Waals surface area contributed by atoms with Crippen LogP contribution in [0.5, 0.6) is 0 Å². The van der Waals surface area contributed by atoms with Crippen LogP contribution in [0.1, 0.15) is 52.4 Å². The number of hydrogen-bond donors (Lipinski definition) is 1. The van der Waals surface area contributed by atoms with Gasteiger partial charge in [-0.05, 0) is 69.4 Å². The van der Waals surface area contributed by atoms with Crippen LogP contribution in [0, 0.1) is 23.7 Å². The number of carbonyl (C=O) groups excluding carboxylic acids is 1. The Kier molecular flexibility index (Phi) is 3.53. The highest BCUT2D eigenvalue weighted by Gasteiger charge is 2.65. The summed E-state index contributed by atoms with van der Waals surface area (Å²) in [6, 6.07) is 0. The smallest absolute Gasteiger partial charge is 0.302 e. The number of aliphatic hydroxyl groups excluding tert-OH is 1. The molecule has 1 spiro atoms. The number of hydrogen-bond acceptors (Lipinski definition) is 4. The van der Waals surface area contributed by atoms with Gasteiger partial charge in [0.2, 0.25) is 0 Å². The van der Waals surface area contributed by atoms with Crippen molar-refractivity contribution in [3.8, 4) is 0 Å². The number of nitrogens with zero attached hydrogens (tertiary/aromatic N) is 1. The largest absolute Gasteiger partial charge is 0.462 e. The molecule has 7 atom stereocenters. The molecule has 4 fully saturated rings. The molecule has 1 N–H and O–H groups in total. The molecule has 0 aromatic rings. The van der Waals surface area contributed by atoms with Crippen molar-refractivity contribution in [1.29, 1.82) is 0 Å². The third kappa shape index (κ3) is 1.92. The molecule has 0 aromatic heterocycles. The van der Waals surface area contributed by atoms with Crippen LogP contribution >= 0.6 is 0 Å². The fourth-order valence-electron chi connectivity index (χ4n) is 6.68. The van der Waals surface area contributed by atoms with Crippen molar-refractivity contribution >= 4 is 5.97 Å². The highest BCUT2D eigenvalue weighted by Crippen LogP contribution is 2.60. The van der Waals surface area contributed by atoms with Crippen LogP contribution in [0.4, 0.5) is 0 Å². The highest BCUT2D eigenvalue weighted by atomic mass is 16.5. The molecule has 7 unspecified atom stereocenters. The molecule has 0 aromatic carbocycles. The molecule has 2 heterocycles. The van der Waals surface area contributed by atoms with Gasteiger partial charge in [-0.3, -0.25) is 9.69 Å². The average molecular weight is 307 g/mol. The van der Waals surface area contributed by atoms with Gasteiger partial charge in [-0.1, -0.05) is 6.92 Å². The zero-order valence-corrected chi connectivity index (χ0v) is 13.8. The first kappa shape index (κ1) is 14.9. The van der Waals surface area contributed by atoms with E-state index in [1.54, 1.807) is 0 Å². The first-order valence-electron chi connectivity index (χ1n) is 9.14. The van der Waals surface area contributed by atoms with Crippen molar-refractivity contribution in [1.82, 2.24) is 4.90 Å². The van der Waals surface area contributed by atoms with Gasteiger partial charge < -0.3 is 9.84 Å². The van der Waals surface area contributed by atoms with Crippen LogP contribution in [-0.4, -0.2) is 46.8 Å². The lowest BCUT2D eigenvalue weighted by molar-refractivity contribution is -0.229. The molecule has 2 bridgehead atoms. The van der Waals surface area contributed by atoms with Gasteiger partial charge in [0.05, 0.1) is 6.10 Å². The Morgan fingerprint density at radius 1 is 1.23 bits per heavy atom. The quantitative estimate of drug-likeness (QED) is 0.755. The molecular formula is C18H29NO3. The number of aliphatic hydroxyl groups is 1. The Labute approximate surface area is 133 Å². The molecule has 0 radical (unpaired) electrons. The van der Waals surface area contributed by atoms with Crippen molar-refractivity contribution in [2.45, 2.75) is 70.1 Å². The number of piperidine rings is 2. The fraction of sp³-hybridized carbons (Fsp3) is 0.944. The number of esters is 1. The highest BCUT2D eigenvalue weighted by molar-refractivity contribution is 5.66. The Morgan fingerprint density at radius 2 is 1.91 bits per heavy atom. The van der Waals surface area contributed by atoms with Crippen LogP contribution < -0.4 is 0 Å². The second-order valence-corrected chi connectivity index (χ2v) is 8.20. The van der Waals surface area contributed by atoms with Crippen molar-refractivity contribution < 1.29 is 14.6 Å². The van der Waals surface area contributed by atoms with E-state index in [0.29, 0.717) is 23.7 Å². The zero-order chi connectivity index (χ0) is 15.5. The van der Waals surface area contributed by atoms with E-state index in [1.807, 2.05) is 0 Å². The van der Waals surface area contributed by atoms with Crippen molar-refractivity contribution in [3.63, 3.8) is 0 Å². The van der Waals surface area contributed by atoms with E-state index >= 15 is 0 Å². The third-order valence-electron chi connectivity index (χ3n) is 7.22. The van der Waals surface area contributed by atoms with Crippen molar-refractivity contribution in [2.24, 2.45) is 23.7 Å². The number of carbonyl (C=O) groups is 1. The lowest BCUT2D eigenvalue weighted by Gasteiger charge is -2.68. The molecule has 2 saturated carbocycles. The van der Waals surface area contributed by atoms with Crippen LogP contribution in [0.15, 0.2) is 0 Å². The van der Waals surface area contributed by atoms with Crippen molar-refractivity contribution in [2.75, 3.05) is 13.1 Å². The van der Waals surface area contributed by atoms with Crippen LogP contribution in [0.2, 0.25) is 0 Å². The summed E-state index contributed by atoms with van der Waals surface area (Å²) in [5.74, 6) is 1.59. The summed E-state index contributed by atoms with van der Waals surface area (Å²) in [5, 5.41) is 10.8. The van der Waals surface area contributed by atoms with Gasteiger partial charge in [0.25, 0.3) is 0 Å². The standard InChI is InChI=1S/C18H29NO3/c1-11-10-18-14-5-3-7-19(18)8-4-6-15(18)16(22-12(2)20)9-13(14)17(11)21/h11,13-17,21H,3-10H2,1-2H3. The zero-order valence-electron chi connectivity index (χ0n) is 13.8. The van der Waals surface area contributed by atoms with Gasteiger partial charge in [-0.2, -0.15) is 0 Å². The lowest BCUT2D eigenvalue weighted by Crippen LogP contribution is -2.74. The summed E-state index contributed by atoms with van der Waals surface area (Å²) in [4.78, 5) is 14.3. The topological polar surface area (TPSA) is 49.8 Å². The molecule has 124 valence electrons. The molecular weight excluding hydrogens is 278 g/mol. The number of rotatable bonds is 1.